The summed E-state index contributed by atoms with van der Waals surface area (Å²) in [5, 5.41) is 27.4. The van der Waals surface area contributed by atoms with Crippen molar-refractivity contribution in [1.29, 1.82) is 0 Å². The van der Waals surface area contributed by atoms with Crippen LogP contribution in [0.3, 0.4) is 0 Å². The van der Waals surface area contributed by atoms with Crippen LogP contribution in [0.25, 0.3) is 0 Å². The highest BCUT2D eigenvalue weighted by Gasteiger charge is 2.56. The van der Waals surface area contributed by atoms with Gasteiger partial charge in [-0.15, -0.1) is 23.2 Å². The van der Waals surface area contributed by atoms with E-state index in [1.807, 2.05) is 12.1 Å². The van der Waals surface area contributed by atoms with Crippen molar-refractivity contribution >= 4 is 35.0 Å². The molecule has 0 saturated heterocycles. The number of aromatic hydroxyl groups is 1. The van der Waals surface area contributed by atoms with Gasteiger partial charge in [0.05, 0.1) is 6.10 Å². The number of phenols is 1. The first-order valence-corrected chi connectivity index (χ1v) is 20.0. The topological polar surface area (TPSA) is 94.1 Å². The van der Waals surface area contributed by atoms with Gasteiger partial charge >= 0.3 is 6.09 Å². The Labute approximate surface area is 304 Å². The number of nitrogens with zero attached hydrogens (tertiary/aromatic N) is 1. The Balaban J connectivity index is 0.914. The quantitative estimate of drug-likeness (QED) is 0.0870. The van der Waals surface area contributed by atoms with Crippen LogP contribution < -0.4 is 15.5 Å². The average molecular weight is 717 g/mol. The van der Waals surface area contributed by atoms with E-state index in [1.54, 1.807) is 0 Å². The van der Waals surface area contributed by atoms with Crippen LogP contribution in [-0.4, -0.2) is 73.5 Å². The monoisotopic (exact) mass is 715 g/mol. The highest BCUT2D eigenvalue weighted by Crippen LogP contribution is 2.62. The Hall–Kier alpha value is -2.19. The van der Waals surface area contributed by atoms with Crippen molar-refractivity contribution in [3.63, 3.8) is 0 Å². The van der Waals surface area contributed by atoms with Gasteiger partial charge in [0.25, 0.3) is 0 Å². The molecule has 2 aromatic rings. The molecule has 3 aliphatic rings. The van der Waals surface area contributed by atoms with E-state index in [0.717, 1.165) is 76.7 Å². The molecule has 0 bridgehead atoms. The molecule has 2 fully saturated rings. The van der Waals surface area contributed by atoms with E-state index in [2.05, 4.69) is 52.8 Å². The first-order valence-electron chi connectivity index (χ1n) is 18.9. The van der Waals surface area contributed by atoms with E-state index in [9.17, 15) is 15.0 Å². The third-order valence-corrected chi connectivity index (χ3v) is 12.3. The molecule has 0 aliphatic heterocycles. The normalized spacial score (nSPS) is 25.7. The number of rotatable bonds is 19. The lowest BCUT2D eigenvalue weighted by atomic mass is 9.52. The Bertz CT molecular complexity index is 1310. The number of aliphatic hydroxyl groups is 1. The first kappa shape index (κ1) is 38.1. The van der Waals surface area contributed by atoms with Crippen molar-refractivity contribution in [3.05, 3.63) is 59.2 Å². The molecule has 3 unspecified atom stereocenters. The van der Waals surface area contributed by atoms with E-state index in [4.69, 9.17) is 27.9 Å². The number of aliphatic hydroxyl groups excluding tert-OH is 1. The summed E-state index contributed by atoms with van der Waals surface area (Å²) in [6, 6.07) is 14.5. The maximum atomic E-state index is 12.1. The maximum absolute atomic E-state index is 12.1. The number of nitrogens with one attached hydrogen (secondary N) is 2. The van der Waals surface area contributed by atoms with Gasteiger partial charge in [-0.3, -0.25) is 0 Å². The Morgan fingerprint density at radius 3 is 2.51 bits per heavy atom. The SMILES string of the molecule is C[C@]12CCC3c4ccc(O)cc4C[C@@H](CCCCCCNCCOC(=O)NCCCc4ccc(N(CCCl)CCCl)cc4)C3C1CC[C@@H]2O. The van der Waals surface area contributed by atoms with Crippen molar-refractivity contribution in [2.24, 2.45) is 23.2 Å². The lowest BCUT2D eigenvalue weighted by Crippen LogP contribution is -2.47. The Kier molecular flexibility index (Phi) is 14.7. The van der Waals surface area contributed by atoms with Gasteiger partial charge in [-0.2, -0.15) is 0 Å². The van der Waals surface area contributed by atoms with E-state index >= 15 is 0 Å². The molecule has 2 aromatic carbocycles. The van der Waals surface area contributed by atoms with Crippen molar-refractivity contribution in [1.82, 2.24) is 10.6 Å². The highest BCUT2D eigenvalue weighted by molar-refractivity contribution is 6.18. The van der Waals surface area contributed by atoms with Gasteiger partial charge in [0.15, 0.2) is 0 Å². The summed E-state index contributed by atoms with van der Waals surface area (Å²) in [5.41, 5.74) is 5.24. The molecule has 0 radical (unpaired) electrons. The minimum atomic E-state index is -0.358. The molecule has 3 aliphatic carbocycles. The molecule has 49 heavy (non-hydrogen) atoms. The van der Waals surface area contributed by atoms with Crippen LogP contribution in [0.1, 0.15) is 93.7 Å². The van der Waals surface area contributed by atoms with E-state index < -0.39 is 0 Å². The standard InChI is InChI=1S/C40H59Cl2N3O4/c1-40-18-17-35-34-14-13-33(46)28-31(34)27-30(38(35)36(40)15-16-37(40)47)8-4-2-3-5-21-43-23-26-49-39(48)44-22-6-7-29-9-11-32(12-10-29)45(24-19-41)25-20-42/h9-14,28,30,35-38,43,46-47H,2-8,15-27H2,1H3,(H,44,48)/t30-,35?,36?,37+,38?,40+/m1/s1. The van der Waals surface area contributed by atoms with Crippen molar-refractivity contribution in [2.75, 3.05) is 56.0 Å². The number of carbonyl (C=O) groups excluding carboxylic acids is 1. The number of fused-ring (bicyclic) bond motifs is 5. The number of amides is 1. The minimum absolute atomic E-state index is 0.0656. The summed E-state index contributed by atoms with van der Waals surface area (Å²) < 4.78 is 5.34. The number of alkyl halides is 2. The summed E-state index contributed by atoms with van der Waals surface area (Å²) in [5.74, 6) is 3.95. The average Bonchev–Trinajstić information content (AvgIpc) is 3.41. The number of alkyl carbamates (subject to hydrolysis) is 1. The number of halogens is 2. The molecule has 2 saturated carbocycles. The summed E-state index contributed by atoms with van der Waals surface area (Å²) in [7, 11) is 0. The Morgan fingerprint density at radius 1 is 0.959 bits per heavy atom. The predicted molar refractivity (Wildman–Crippen MR) is 201 cm³/mol. The number of benzene rings is 2. The van der Waals surface area contributed by atoms with Gasteiger partial charge in [0, 0.05) is 43.6 Å². The van der Waals surface area contributed by atoms with E-state index in [1.165, 1.54) is 42.4 Å². The lowest BCUT2D eigenvalue weighted by molar-refractivity contribution is -0.0396. The summed E-state index contributed by atoms with van der Waals surface area (Å²) >= 11 is 11.8. The molecule has 5 rings (SSSR count). The maximum Gasteiger partial charge on any atom is 0.407 e. The smallest absolute Gasteiger partial charge is 0.407 e. The zero-order valence-electron chi connectivity index (χ0n) is 29.5. The fraction of sp³-hybridized carbons (Fsp3) is 0.675. The van der Waals surface area contributed by atoms with Crippen LogP contribution in [0, 0.1) is 23.2 Å². The number of ether oxygens (including phenoxy) is 1. The zero-order valence-corrected chi connectivity index (χ0v) is 31.0. The second-order valence-corrected chi connectivity index (χ2v) is 15.7. The molecular formula is C40H59Cl2N3O4. The second-order valence-electron chi connectivity index (χ2n) is 14.9. The van der Waals surface area contributed by atoms with Crippen LogP contribution >= 0.6 is 23.2 Å². The third-order valence-electron chi connectivity index (χ3n) is 11.9. The summed E-state index contributed by atoms with van der Waals surface area (Å²) in [4.78, 5) is 14.3. The second kappa shape index (κ2) is 18.9. The first-order chi connectivity index (χ1) is 23.8. The minimum Gasteiger partial charge on any atom is -0.508 e. The van der Waals surface area contributed by atoms with Gasteiger partial charge in [-0.1, -0.05) is 44.4 Å². The molecule has 9 heteroatoms. The molecule has 0 aromatic heterocycles. The van der Waals surface area contributed by atoms with Crippen molar-refractivity contribution < 1.29 is 19.7 Å². The van der Waals surface area contributed by atoms with Crippen molar-refractivity contribution in [3.8, 4) is 5.75 Å². The summed E-state index contributed by atoms with van der Waals surface area (Å²) in [6.45, 7) is 6.43. The molecule has 7 nitrogen and oxygen atoms in total. The van der Waals surface area contributed by atoms with E-state index in [-0.39, 0.29) is 17.6 Å². The van der Waals surface area contributed by atoms with Crippen molar-refractivity contribution in [2.45, 2.75) is 96.0 Å². The van der Waals surface area contributed by atoms with Crippen LogP contribution in [0.5, 0.6) is 5.75 Å². The van der Waals surface area contributed by atoms with Gasteiger partial charge in [-0.25, -0.2) is 4.79 Å². The molecular weight excluding hydrogens is 657 g/mol. The number of phenolic OH excluding ortho intramolecular Hbond substituents is 1. The van der Waals surface area contributed by atoms with Gasteiger partial charge in [-0.05, 0) is 134 Å². The summed E-state index contributed by atoms with van der Waals surface area (Å²) in [6.07, 6.45) is 12.6. The molecule has 0 spiro atoms. The third kappa shape index (κ3) is 9.99. The van der Waals surface area contributed by atoms with Gasteiger partial charge in [0.2, 0.25) is 0 Å². The molecule has 272 valence electrons. The van der Waals surface area contributed by atoms with Crippen LogP contribution in [0.2, 0.25) is 0 Å². The van der Waals surface area contributed by atoms with Gasteiger partial charge < -0.3 is 30.5 Å². The Morgan fingerprint density at radius 2 is 1.73 bits per heavy atom. The molecule has 6 atom stereocenters. The van der Waals surface area contributed by atoms with Crippen LogP contribution in [-0.2, 0) is 17.6 Å². The fourth-order valence-electron chi connectivity index (χ4n) is 9.36. The predicted octanol–water partition coefficient (Wildman–Crippen LogP) is 8.02. The fourth-order valence-corrected chi connectivity index (χ4v) is 9.77. The molecule has 1 amide bonds. The number of carbonyl (C=O) groups is 1. The van der Waals surface area contributed by atoms with Gasteiger partial charge in [0.1, 0.15) is 12.4 Å². The lowest BCUT2D eigenvalue weighted by Gasteiger charge is -2.53. The largest absolute Gasteiger partial charge is 0.508 e. The molecule has 4 N–H and O–H groups in total. The zero-order chi connectivity index (χ0) is 34.6. The van der Waals surface area contributed by atoms with E-state index in [0.29, 0.717) is 60.9 Å². The number of aryl methyl sites for hydroxylation is 1. The highest BCUT2D eigenvalue weighted by atomic mass is 35.5. The number of hydrogen-bond acceptors (Lipinski definition) is 6. The van der Waals surface area contributed by atoms with Crippen LogP contribution in [0.4, 0.5) is 10.5 Å². The number of anilines is 1. The molecule has 0 heterocycles. The van der Waals surface area contributed by atoms with Crippen LogP contribution in [0.15, 0.2) is 42.5 Å². The number of unbranched alkanes of at least 4 members (excludes halogenated alkanes) is 3. The number of hydrogen-bond donors (Lipinski definition) is 4.